The van der Waals surface area contributed by atoms with E-state index in [0.29, 0.717) is 16.3 Å². The highest BCUT2D eigenvalue weighted by molar-refractivity contribution is 6.32. The highest BCUT2D eigenvalue weighted by atomic mass is 35.5. The van der Waals surface area contributed by atoms with Gasteiger partial charge in [-0.25, -0.2) is 4.68 Å². The molecule has 0 aliphatic heterocycles. The first kappa shape index (κ1) is 17.0. The number of amides is 1. The molecule has 1 aromatic carbocycles. The van der Waals surface area contributed by atoms with Gasteiger partial charge in [-0.15, -0.1) is 0 Å². The standard InChI is InChI=1S/C16H18ClN3O3/c1-11(16(22)23-3)9-19(2)15(21)12-8-18-20(10-12)14-7-5-4-6-13(14)17/h4-8,10-11H,9H2,1-3H3. The molecule has 0 N–H and O–H groups in total. The van der Waals surface area contributed by atoms with Gasteiger partial charge in [-0.05, 0) is 12.1 Å². The van der Waals surface area contributed by atoms with Crippen LogP contribution >= 0.6 is 11.6 Å². The Kier molecular flexibility index (Phi) is 5.39. The Labute approximate surface area is 139 Å². The highest BCUT2D eigenvalue weighted by Crippen LogP contribution is 2.19. The number of ether oxygens (including phenoxy) is 1. The summed E-state index contributed by atoms with van der Waals surface area (Å²) in [5.74, 6) is -0.969. The average Bonchev–Trinajstić information content (AvgIpc) is 3.03. The minimum absolute atomic E-state index is 0.223. The largest absolute Gasteiger partial charge is 0.469 e. The summed E-state index contributed by atoms with van der Waals surface area (Å²) in [5.41, 5.74) is 1.11. The molecule has 6 nitrogen and oxygen atoms in total. The van der Waals surface area contributed by atoms with Crippen LogP contribution in [0.1, 0.15) is 17.3 Å². The van der Waals surface area contributed by atoms with Crippen LogP contribution in [-0.4, -0.2) is 47.3 Å². The van der Waals surface area contributed by atoms with Crippen molar-refractivity contribution in [3.8, 4) is 5.69 Å². The lowest BCUT2D eigenvalue weighted by atomic mass is 10.1. The summed E-state index contributed by atoms with van der Waals surface area (Å²) in [6.07, 6.45) is 3.09. The molecule has 0 saturated carbocycles. The number of nitrogens with zero attached hydrogens (tertiary/aromatic N) is 3. The summed E-state index contributed by atoms with van der Waals surface area (Å²) in [5, 5.41) is 4.72. The van der Waals surface area contributed by atoms with Gasteiger partial charge in [0.15, 0.2) is 0 Å². The first-order valence-corrected chi connectivity index (χ1v) is 7.44. The SMILES string of the molecule is COC(=O)C(C)CN(C)C(=O)c1cnn(-c2ccccc2Cl)c1. The zero-order valence-electron chi connectivity index (χ0n) is 13.2. The van der Waals surface area contributed by atoms with Gasteiger partial charge < -0.3 is 9.64 Å². The molecule has 23 heavy (non-hydrogen) atoms. The van der Waals surface area contributed by atoms with Gasteiger partial charge in [0.2, 0.25) is 0 Å². The van der Waals surface area contributed by atoms with Crippen molar-refractivity contribution < 1.29 is 14.3 Å². The van der Waals surface area contributed by atoms with E-state index < -0.39 is 5.92 Å². The quantitative estimate of drug-likeness (QED) is 0.787. The number of esters is 1. The Balaban J connectivity index is 2.12. The first-order chi connectivity index (χ1) is 10.9. The van der Waals surface area contributed by atoms with Crippen molar-refractivity contribution in [1.82, 2.24) is 14.7 Å². The fourth-order valence-corrected chi connectivity index (χ4v) is 2.41. The maximum atomic E-state index is 12.4. The Morgan fingerprint density at radius 1 is 1.39 bits per heavy atom. The van der Waals surface area contributed by atoms with Crippen molar-refractivity contribution in [3.05, 3.63) is 47.2 Å². The van der Waals surface area contributed by atoms with E-state index in [1.165, 1.54) is 18.2 Å². The second-order valence-corrected chi connectivity index (χ2v) is 5.64. The monoisotopic (exact) mass is 335 g/mol. The number of rotatable bonds is 5. The molecule has 0 saturated heterocycles. The zero-order chi connectivity index (χ0) is 17.0. The van der Waals surface area contributed by atoms with E-state index in [1.54, 1.807) is 30.9 Å². The lowest BCUT2D eigenvalue weighted by Crippen LogP contribution is -2.34. The molecular formula is C16H18ClN3O3. The fraction of sp³-hybridized carbons (Fsp3) is 0.312. The smallest absolute Gasteiger partial charge is 0.310 e. The van der Waals surface area contributed by atoms with E-state index in [2.05, 4.69) is 9.84 Å². The molecule has 2 aromatic rings. The molecule has 0 bridgehead atoms. The Bertz CT molecular complexity index is 714. The molecule has 122 valence electrons. The second-order valence-electron chi connectivity index (χ2n) is 5.23. The molecule has 1 atom stereocenters. The molecule has 0 fully saturated rings. The lowest BCUT2D eigenvalue weighted by molar-refractivity contribution is -0.145. The molecular weight excluding hydrogens is 318 g/mol. The predicted octanol–water partition coefficient (Wildman–Crippen LogP) is 2.41. The summed E-state index contributed by atoms with van der Waals surface area (Å²) in [6, 6.07) is 7.23. The van der Waals surface area contributed by atoms with Gasteiger partial charge in [0, 0.05) is 19.8 Å². The van der Waals surface area contributed by atoms with E-state index in [-0.39, 0.29) is 18.4 Å². The van der Waals surface area contributed by atoms with E-state index in [4.69, 9.17) is 11.6 Å². The zero-order valence-corrected chi connectivity index (χ0v) is 13.9. The van der Waals surface area contributed by atoms with Gasteiger partial charge in [-0.2, -0.15) is 5.10 Å². The maximum Gasteiger partial charge on any atom is 0.310 e. The minimum Gasteiger partial charge on any atom is -0.469 e. The predicted molar refractivity (Wildman–Crippen MR) is 86.7 cm³/mol. The summed E-state index contributed by atoms with van der Waals surface area (Å²) in [6.45, 7) is 1.98. The molecule has 0 radical (unpaired) electrons. The van der Waals surface area contributed by atoms with Crippen molar-refractivity contribution in [3.63, 3.8) is 0 Å². The summed E-state index contributed by atoms with van der Waals surface area (Å²) < 4.78 is 6.21. The molecule has 1 heterocycles. The van der Waals surface area contributed by atoms with Crippen LogP contribution in [-0.2, 0) is 9.53 Å². The van der Waals surface area contributed by atoms with Crippen LogP contribution in [0.3, 0.4) is 0 Å². The normalized spacial score (nSPS) is 11.8. The van der Waals surface area contributed by atoms with Crippen LogP contribution in [0.4, 0.5) is 0 Å². The highest BCUT2D eigenvalue weighted by Gasteiger charge is 2.20. The number of hydrogen-bond donors (Lipinski definition) is 0. The van der Waals surface area contributed by atoms with Crippen molar-refractivity contribution in [2.24, 2.45) is 5.92 Å². The first-order valence-electron chi connectivity index (χ1n) is 7.07. The Hall–Kier alpha value is -2.34. The summed E-state index contributed by atoms with van der Waals surface area (Å²) in [4.78, 5) is 25.3. The van der Waals surface area contributed by atoms with Gasteiger partial charge in [0.05, 0.1) is 35.5 Å². The number of benzene rings is 1. The van der Waals surface area contributed by atoms with E-state index >= 15 is 0 Å². The number of halogens is 1. The van der Waals surface area contributed by atoms with E-state index in [0.717, 1.165) is 0 Å². The van der Waals surface area contributed by atoms with Crippen LogP contribution in [0.2, 0.25) is 5.02 Å². The van der Waals surface area contributed by atoms with Crippen LogP contribution in [0.25, 0.3) is 5.69 Å². The third kappa shape index (κ3) is 3.90. The van der Waals surface area contributed by atoms with Crippen molar-refractivity contribution >= 4 is 23.5 Å². The molecule has 7 heteroatoms. The Morgan fingerprint density at radius 2 is 2.09 bits per heavy atom. The van der Waals surface area contributed by atoms with E-state index in [1.807, 2.05) is 18.2 Å². The van der Waals surface area contributed by atoms with Crippen LogP contribution in [0.15, 0.2) is 36.7 Å². The van der Waals surface area contributed by atoms with Gasteiger partial charge in [-0.3, -0.25) is 9.59 Å². The molecule has 1 unspecified atom stereocenters. The number of methoxy groups -OCH3 is 1. The molecule has 0 aliphatic rings. The summed E-state index contributed by atoms with van der Waals surface area (Å²) in [7, 11) is 2.96. The lowest BCUT2D eigenvalue weighted by Gasteiger charge is -2.19. The molecule has 1 amide bonds. The number of carbonyl (C=O) groups excluding carboxylic acids is 2. The average molecular weight is 336 g/mol. The summed E-state index contributed by atoms with van der Waals surface area (Å²) >= 11 is 6.12. The number of para-hydroxylation sites is 1. The van der Waals surface area contributed by atoms with Gasteiger partial charge in [-0.1, -0.05) is 30.7 Å². The third-order valence-corrected chi connectivity index (χ3v) is 3.75. The Morgan fingerprint density at radius 3 is 2.74 bits per heavy atom. The fourth-order valence-electron chi connectivity index (χ4n) is 2.19. The second kappa shape index (κ2) is 7.28. The molecule has 2 rings (SSSR count). The van der Waals surface area contributed by atoms with Gasteiger partial charge in [0.1, 0.15) is 0 Å². The van der Waals surface area contributed by atoms with E-state index in [9.17, 15) is 9.59 Å². The van der Waals surface area contributed by atoms with Gasteiger partial charge in [0.25, 0.3) is 5.91 Å². The number of aromatic nitrogens is 2. The van der Waals surface area contributed by atoms with Gasteiger partial charge >= 0.3 is 5.97 Å². The molecule has 1 aromatic heterocycles. The van der Waals surface area contributed by atoms with Crippen molar-refractivity contribution in [1.29, 1.82) is 0 Å². The molecule has 0 aliphatic carbocycles. The van der Waals surface area contributed by atoms with Crippen LogP contribution < -0.4 is 0 Å². The minimum atomic E-state index is -0.396. The molecule has 0 spiro atoms. The topological polar surface area (TPSA) is 64.4 Å². The van der Waals surface area contributed by atoms with Crippen LogP contribution in [0, 0.1) is 5.92 Å². The van der Waals surface area contributed by atoms with Crippen LogP contribution in [0.5, 0.6) is 0 Å². The maximum absolute atomic E-state index is 12.4. The van der Waals surface area contributed by atoms with Crippen molar-refractivity contribution in [2.45, 2.75) is 6.92 Å². The number of carbonyl (C=O) groups is 2. The third-order valence-electron chi connectivity index (χ3n) is 3.43. The van der Waals surface area contributed by atoms with Crippen molar-refractivity contribution in [2.75, 3.05) is 20.7 Å². The number of hydrogen-bond acceptors (Lipinski definition) is 4.